The number of carboxylic acids is 1. The van der Waals surface area contributed by atoms with E-state index < -0.39 is 5.97 Å². The van der Waals surface area contributed by atoms with Crippen LogP contribution in [-0.4, -0.2) is 20.9 Å². The van der Waals surface area contributed by atoms with Crippen molar-refractivity contribution < 1.29 is 9.90 Å². The Hall–Kier alpha value is -1.62. The van der Waals surface area contributed by atoms with Gasteiger partial charge in [0.15, 0.2) is 0 Å². The first-order chi connectivity index (χ1) is 7.58. The van der Waals surface area contributed by atoms with Crippen molar-refractivity contribution in [2.45, 2.75) is 6.92 Å². The standard InChI is InChI=1S/C11H9BrN2O2/c1-7-2-3-9(4-10(7)12)14-6-8(5-13-14)11(15)16/h2-6H,1H3,(H,15,16). The summed E-state index contributed by atoms with van der Waals surface area (Å²) in [6.07, 6.45) is 2.82. The lowest BCUT2D eigenvalue weighted by Gasteiger charge is -2.03. The van der Waals surface area contributed by atoms with Crippen molar-refractivity contribution in [1.29, 1.82) is 0 Å². The minimum atomic E-state index is -0.975. The van der Waals surface area contributed by atoms with Gasteiger partial charge in [-0.25, -0.2) is 9.48 Å². The maximum atomic E-state index is 10.7. The predicted octanol–water partition coefficient (Wildman–Crippen LogP) is 2.64. The number of rotatable bonds is 2. The van der Waals surface area contributed by atoms with Gasteiger partial charge in [0.25, 0.3) is 0 Å². The maximum Gasteiger partial charge on any atom is 0.338 e. The van der Waals surface area contributed by atoms with E-state index in [0.29, 0.717) is 0 Å². The molecule has 0 saturated heterocycles. The molecule has 0 bridgehead atoms. The lowest BCUT2D eigenvalue weighted by molar-refractivity contribution is 0.0697. The highest BCUT2D eigenvalue weighted by Gasteiger charge is 2.07. The van der Waals surface area contributed by atoms with Gasteiger partial charge in [0.05, 0.1) is 17.4 Å². The smallest absolute Gasteiger partial charge is 0.338 e. The minimum Gasteiger partial charge on any atom is -0.478 e. The Labute approximate surface area is 101 Å². The number of hydrogen-bond donors (Lipinski definition) is 1. The Kier molecular flexibility index (Phi) is 2.78. The van der Waals surface area contributed by atoms with E-state index in [1.807, 2.05) is 25.1 Å². The van der Waals surface area contributed by atoms with E-state index in [1.54, 1.807) is 0 Å². The molecule has 0 aliphatic carbocycles. The van der Waals surface area contributed by atoms with Crippen LogP contribution in [0.15, 0.2) is 35.1 Å². The molecule has 82 valence electrons. The largest absolute Gasteiger partial charge is 0.478 e. The van der Waals surface area contributed by atoms with Crippen molar-refractivity contribution in [2.24, 2.45) is 0 Å². The van der Waals surface area contributed by atoms with Crippen LogP contribution in [0, 0.1) is 6.92 Å². The molecule has 4 nitrogen and oxygen atoms in total. The lowest BCUT2D eigenvalue weighted by atomic mass is 10.2. The van der Waals surface area contributed by atoms with E-state index in [9.17, 15) is 4.79 Å². The zero-order valence-electron chi connectivity index (χ0n) is 8.51. The van der Waals surface area contributed by atoms with Gasteiger partial charge >= 0.3 is 5.97 Å². The molecule has 1 N–H and O–H groups in total. The number of hydrogen-bond acceptors (Lipinski definition) is 2. The van der Waals surface area contributed by atoms with Crippen molar-refractivity contribution in [1.82, 2.24) is 9.78 Å². The van der Waals surface area contributed by atoms with E-state index in [-0.39, 0.29) is 5.56 Å². The molecule has 1 aromatic carbocycles. The molecule has 5 heteroatoms. The van der Waals surface area contributed by atoms with E-state index in [2.05, 4.69) is 21.0 Å². The SMILES string of the molecule is Cc1ccc(-n2cc(C(=O)O)cn2)cc1Br. The Morgan fingerprint density at radius 3 is 2.81 bits per heavy atom. The van der Waals surface area contributed by atoms with Crippen molar-refractivity contribution in [3.63, 3.8) is 0 Å². The molecule has 16 heavy (non-hydrogen) atoms. The molecule has 0 saturated carbocycles. The molecule has 1 aromatic heterocycles. The van der Waals surface area contributed by atoms with Gasteiger partial charge in [-0.2, -0.15) is 5.10 Å². The van der Waals surface area contributed by atoms with Crippen LogP contribution in [-0.2, 0) is 0 Å². The molecule has 2 aromatic rings. The fraction of sp³-hybridized carbons (Fsp3) is 0.0909. The van der Waals surface area contributed by atoms with E-state index in [0.717, 1.165) is 15.7 Å². The lowest BCUT2D eigenvalue weighted by Crippen LogP contribution is -1.96. The molecule has 0 atom stereocenters. The van der Waals surface area contributed by atoms with Crippen LogP contribution in [0.1, 0.15) is 15.9 Å². The Morgan fingerprint density at radius 2 is 2.25 bits per heavy atom. The average Bonchev–Trinajstić information content (AvgIpc) is 2.71. The number of carboxylic acid groups (broad SMARTS) is 1. The first-order valence-electron chi connectivity index (χ1n) is 4.62. The summed E-state index contributed by atoms with van der Waals surface area (Å²) in [5, 5.41) is 12.8. The number of nitrogens with zero attached hydrogens (tertiary/aromatic N) is 2. The van der Waals surface area contributed by atoms with Crippen LogP contribution in [0.3, 0.4) is 0 Å². The molecule has 0 radical (unpaired) electrons. The van der Waals surface area contributed by atoms with E-state index in [4.69, 9.17) is 5.11 Å². The molecule has 0 fully saturated rings. The first kappa shape index (κ1) is 10.9. The van der Waals surface area contributed by atoms with Gasteiger partial charge < -0.3 is 5.11 Å². The molecule has 0 unspecified atom stereocenters. The predicted molar refractivity (Wildman–Crippen MR) is 63.0 cm³/mol. The van der Waals surface area contributed by atoms with Crippen molar-refractivity contribution in [3.05, 3.63) is 46.2 Å². The Morgan fingerprint density at radius 1 is 1.50 bits per heavy atom. The van der Waals surface area contributed by atoms with E-state index in [1.165, 1.54) is 17.1 Å². The van der Waals surface area contributed by atoms with E-state index >= 15 is 0 Å². The summed E-state index contributed by atoms with van der Waals surface area (Å²) in [6, 6.07) is 5.73. The number of carbonyl (C=O) groups is 1. The summed E-state index contributed by atoms with van der Waals surface area (Å²) in [5.74, 6) is -0.975. The number of aryl methyl sites for hydroxylation is 1. The topological polar surface area (TPSA) is 55.1 Å². The summed E-state index contributed by atoms with van der Waals surface area (Å²) in [7, 11) is 0. The molecule has 0 amide bonds. The minimum absolute atomic E-state index is 0.177. The van der Waals surface area contributed by atoms with Gasteiger partial charge in [0.2, 0.25) is 0 Å². The third-order valence-electron chi connectivity index (χ3n) is 2.25. The van der Waals surface area contributed by atoms with Crippen LogP contribution in [0.25, 0.3) is 5.69 Å². The normalized spacial score (nSPS) is 10.4. The molecular weight excluding hydrogens is 272 g/mol. The number of benzene rings is 1. The highest BCUT2D eigenvalue weighted by atomic mass is 79.9. The monoisotopic (exact) mass is 280 g/mol. The number of aromatic nitrogens is 2. The van der Waals surface area contributed by atoms with Crippen LogP contribution in [0.2, 0.25) is 0 Å². The highest BCUT2D eigenvalue weighted by Crippen LogP contribution is 2.19. The molecule has 0 spiro atoms. The van der Waals surface area contributed by atoms with Gasteiger partial charge in [0.1, 0.15) is 0 Å². The first-order valence-corrected chi connectivity index (χ1v) is 5.42. The van der Waals surface area contributed by atoms with Gasteiger partial charge in [-0.1, -0.05) is 22.0 Å². The molecule has 0 aliphatic rings. The molecule has 2 rings (SSSR count). The molecule has 1 heterocycles. The summed E-state index contributed by atoms with van der Waals surface area (Å²) < 4.78 is 2.51. The third-order valence-corrected chi connectivity index (χ3v) is 3.10. The van der Waals surface area contributed by atoms with Gasteiger partial charge in [-0.05, 0) is 24.6 Å². The number of halogens is 1. The second kappa shape index (κ2) is 4.09. The average molecular weight is 281 g/mol. The fourth-order valence-corrected chi connectivity index (χ4v) is 1.67. The second-order valence-corrected chi connectivity index (χ2v) is 4.27. The van der Waals surface area contributed by atoms with Crippen molar-refractivity contribution in [2.75, 3.05) is 0 Å². The molecule has 0 aliphatic heterocycles. The summed E-state index contributed by atoms with van der Waals surface area (Å²) >= 11 is 3.42. The summed E-state index contributed by atoms with van der Waals surface area (Å²) in [6.45, 7) is 1.99. The van der Waals surface area contributed by atoms with Gasteiger partial charge in [-0.15, -0.1) is 0 Å². The third kappa shape index (κ3) is 1.99. The zero-order chi connectivity index (χ0) is 11.7. The van der Waals surface area contributed by atoms with Crippen LogP contribution in [0.5, 0.6) is 0 Å². The van der Waals surface area contributed by atoms with Crippen molar-refractivity contribution >= 4 is 21.9 Å². The number of aromatic carboxylic acids is 1. The Bertz CT molecular complexity index is 549. The highest BCUT2D eigenvalue weighted by molar-refractivity contribution is 9.10. The summed E-state index contributed by atoms with van der Waals surface area (Å²) in [4.78, 5) is 10.7. The van der Waals surface area contributed by atoms with Crippen LogP contribution in [0.4, 0.5) is 0 Å². The van der Waals surface area contributed by atoms with Crippen molar-refractivity contribution in [3.8, 4) is 5.69 Å². The molecular formula is C11H9BrN2O2. The fourth-order valence-electron chi connectivity index (χ4n) is 1.30. The second-order valence-electron chi connectivity index (χ2n) is 3.41. The summed E-state index contributed by atoms with van der Waals surface area (Å²) in [5.41, 5.74) is 2.12. The van der Waals surface area contributed by atoms with Gasteiger partial charge in [0, 0.05) is 10.7 Å². The van der Waals surface area contributed by atoms with Crippen LogP contribution < -0.4 is 0 Å². The van der Waals surface area contributed by atoms with Crippen LogP contribution >= 0.6 is 15.9 Å². The Balaban J connectivity index is 2.42. The maximum absolute atomic E-state index is 10.7. The quantitative estimate of drug-likeness (QED) is 0.920. The zero-order valence-corrected chi connectivity index (χ0v) is 10.1. The van der Waals surface area contributed by atoms with Gasteiger partial charge in [-0.3, -0.25) is 0 Å².